The Morgan fingerprint density at radius 2 is 2.06 bits per heavy atom. The topological polar surface area (TPSA) is 63.1 Å². The van der Waals surface area contributed by atoms with Crippen LogP contribution in [0.4, 0.5) is 5.82 Å². The molecule has 0 bridgehead atoms. The lowest BCUT2D eigenvalue weighted by atomic mass is 10.2. The van der Waals surface area contributed by atoms with Crippen molar-refractivity contribution in [3.63, 3.8) is 0 Å². The molecule has 0 aliphatic carbocycles. The summed E-state index contributed by atoms with van der Waals surface area (Å²) < 4.78 is 0. The molecule has 80 valence electrons. The third-order valence-corrected chi connectivity index (χ3v) is 1.98. The summed E-state index contributed by atoms with van der Waals surface area (Å²) in [6.07, 6.45) is 8.32. The van der Waals surface area contributed by atoms with Gasteiger partial charge in [0.2, 0.25) is 0 Å². The first kappa shape index (κ1) is 10.2. The monoisotopic (exact) mass is 213 g/mol. The average molecular weight is 213 g/mol. The molecule has 0 amide bonds. The largest absolute Gasteiger partial charge is 0.264 e. The van der Waals surface area contributed by atoms with Gasteiger partial charge < -0.3 is 0 Å². The van der Waals surface area contributed by atoms with Crippen LogP contribution < -0.4 is 5.43 Å². The van der Waals surface area contributed by atoms with E-state index in [0.29, 0.717) is 5.82 Å². The number of nitrogens with one attached hydrogen (secondary N) is 1. The first-order chi connectivity index (χ1) is 7.86. The van der Waals surface area contributed by atoms with Crippen LogP contribution >= 0.6 is 0 Å². The van der Waals surface area contributed by atoms with Crippen molar-refractivity contribution < 1.29 is 0 Å². The predicted octanol–water partition coefficient (Wildman–Crippen LogP) is 1.71. The number of pyridine rings is 1. The SMILES string of the molecule is C/C(=N\Nc1cnccn1)c1cccnc1. The lowest BCUT2D eigenvalue weighted by Crippen LogP contribution is -2.01. The molecule has 2 rings (SSSR count). The zero-order chi connectivity index (χ0) is 11.2. The maximum atomic E-state index is 4.19. The van der Waals surface area contributed by atoms with E-state index in [2.05, 4.69) is 25.5 Å². The van der Waals surface area contributed by atoms with E-state index in [4.69, 9.17) is 0 Å². The molecule has 0 aliphatic rings. The third-order valence-electron chi connectivity index (χ3n) is 1.98. The number of rotatable bonds is 3. The van der Waals surface area contributed by atoms with Crippen LogP contribution in [0.5, 0.6) is 0 Å². The molecule has 2 heterocycles. The Kier molecular flexibility index (Phi) is 3.18. The van der Waals surface area contributed by atoms with Crippen LogP contribution in [0.15, 0.2) is 48.2 Å². The van der Waals surface area contributed by atoms with Gasteiger partial charge in [-0.05, 0) is 13.0 Å². The molecular formula is C11H11N5. The summed E-state index contributed by atoms with van der Waals surface area (Å²) in [6, 6.07) is 3.82. The number of nitrogens with zero attached hydrogens (tertiary/aromatic N) is 4. The molecule has 2 aromatic rings. The summed E-state index contributed by atoms with van der Waals surface area (Å²) in [6.45, 7) is 1.90. The molecule has 0 saturated carbocycles. The van der Waals surface area contributed by atoms with Crippen molar-refractivity contribution in [2.75, 3.05) is 5.43 Å². The highest BCUT2D eigenvalue weighted by Crippen LogP contribution is 2.01. The number of aromatic nitrogens is 3. The zero-order valence-electron chi connectivity index (χ0n) is 8.83. The molecule has 2 aromatic heterocycles. The Morgan fingerprint density at radius 3 is 2.75 bits per heavy atom. The van der Waals surface area contributed by atoms with Gasteiger partial charge in [-0.1, -0.05) is 6.07 Å². The van der Waals surface area contributed by atoms with Gasteiger partial charge in [0.25, 0.3) is 0 Å². The van der Waals surface area contributed by atoms with Crippen LogP contribution in [-0.4, -0.2) is 20.7 Å². The molecule has 0 aliphatic heterocycles. The van der Waals surface area contributed by atoms with Crippen molar-refractivity contribution in [1.29, 1.82) is 0 Å². The van der Waals surface area contributed by atoms with Crippen LogP contribution in [0.3, 0.4) is 0 Å². The normalized spacial score (nSPS) is 11.2. The van der Waals surface area contributed by atoms with Crippen molar-refractivity contribution >= 4 is 11.5 Å². The van der Waals surface area contributed by atoms with Crippen molar-refractivity contribution in [3.05, 3.63) is 48.7 Å². The summed E-state index contributed by atoms with van der Waals surface area (Å²) in [5, 5.41) is 4.19. The molecule has 1 N–H and O–H groups in total. The van der Waals surface area contributed by atoms with E-state index < -0.39 is 0 Å². The minimum Gasteiger partial charge on any atom is -0.264 e. The Morgan fingerprint density at radius 1 is 1.19 bits per heavy atom. The molecule has 0 aromatic carbocycles. The second-order valence-corrected chi connectivity index (χ2v) is 3.14. The first-order valence-electron chi connectivity index (χ1n) is 4.83. The summed E-state index contributed by atoms with van der Waals surface area (Å²) in [4.78, 5) is 12.0. The zero-order valence-corrected chi connectivity index (χ0v) is 8.83. The number of hydrazone groups is 1. The maximum Gasteiger partial charge on any atom is 0.164 e. The molecule has 0 fully saturated rings. The number of hydrogen-bond donors (Lipinski definition) is 1. The van der Waals surface area contributed by atoms with E-state index in [0.717, 1.165) is 11.3 Å². The van der Waals surface area contributed by atoms with Gasteiger partial charge in [-0.25, -0.2) is 4.98 Å². The fourth-order valence-corrected chi connectivity index (χ4v) is 1.14. The highest BCUT2D eigenvalue weighted by molar-refractivity contribution is 5.98. The summed E-state index contributed by atoms with van der Waals surface area (Å²) in [7, 11) is 0. The van der Waals surface area contributed by atoms with Gasteiger partial charge in [0.05, 0.1) is 11.9 Å². The maximum absolute atomic E-state index is 4.19. The number of anilines is 1. The second-order valence-electron chi connectivity index (χ2n) is 3.14. The van der Waals surface area contributed by atoms with Gasteiger partial charge in [-0.15, -0.1) is 0 Å². The minimum absolute atomic E-state index is 0.616. The Labute approximate surface area is 93.3 Å². The van der Waals surface area contributed by atoms with Gasteiger partial charge in [-0.2, -0.15) is 5.10 Å². The molecule has 0 unspecified atom stereocenters. The van der Waals surface area contributed by atoms with E-state index in [1.54, 1.807) is 31.0 Å². The Hall–Kier alpha value is -2.30. The molecule has 16 heavy (non-hydrogen) atoms. The molecule has 0 spiro atoms. The predicted molar refractivity (Wildman–Crippen MR) is 62.1 cm³/mol. The van der Waals surface area contributed by atoms with E-state index in [1.807, 2.05) is 19.1 Å². The van der Waals surface area contributed by atoms with Crippen LogP contribution in [-0.2, 0) is 0 Å². The van der Waals surface area contributed by atoms with Crippen LogP contribution in [0.1, 0.15) is 12.5 Å². The van der Waals surface area contributed by atoms with Gasteiger partial charge >= 0.3 is 0 Å². The van der Waals surface area contributed by atoms with Gasteiger partial charge in [0, 0.05) is 30.4 Å². The Balaban J connectivity index is 2.09. The summed E-state index contributed by atoms with van der Waals surface area (Å²) in [5.41, 5.74) is 4.65. The molecule has 0 radical (unpaired) electrons. The van der Waals surface area contributed by atoms with E-state index >= 15 is 0 Å². The minimum atomic E-state index is 0.616. The van der Waals surface area contributed by atoms with Crippen molar-refractivity contribution in [2.24, 2.45) is 5.10 Å². The smallest absolute Gasteiger partial charge is 0.164 e. The molecule has 0 atom stereocenters. The fourth-order valence-electron chi connectivity index (χ4n) is 1.14. The molecule has 0 saturated heterocycles. The van der Waals surface area contributed by atoms with Crippen LogP contribution in [0, 0.1) is 0 Å². The second kappa shape index (κ2) is 4.97. The fraction of sp³-hybridized carbons (Fsp3) is 0.0909. The van der Waals surface area contributed by atoms with E-state index in [-0.39, 0.29) is 0 Å². The van der Waals surface area contributed by atoms with E-state index in [1.165, 1.54) is 0 Å². The lowest BCUT2D eigenvalue weighted by molar-refractivity contribution is 1.15. The van der Waals surface area contributed by atoms with Crippen LogP contribution in [0.25, 0.3) is 0 Å². The molecule has 5 nitrogen and oxygen atoms in total. The van der Waals surface area contributed by atoms with Crippen molar-refractivity contribution in [2.45, 2.75) is 6.92 Å². The van der Waals surface area contributed by atoms with Gasteiger partial charge in [0.1, 0.15) is 0 Å². The highest BCUT2D eigenvalue weighted by Gasteiger charge is 1.96. The lowest BCUT2D eigenvalue weighted by Gasteiger charge is -2.01. The van der Waals surface area contributed by atoms with Crippen LogP contribution in [0.2, 0.25) is 0 Å². The first-order valence-corrected chi connectivity index (χ1v) is 4.83. The van der Waals surface area contributed by atoms with E-state index in [9.17, 15) is 0 Å². The van der Waals surface area contributed by atoms with Crippen molar-refractivity contribution in [3.8, 4) is 0 Å². The van der Waals surface area contributed by atoms with Crippen molar-refractivity contribution in [1.82, 2.24) is 15.0 Å². The quantitative estimate of drug-likeness (QED) is 0.622. The van der Waals surface area contributed by atoms with Gasteiger partial charge in [0.15, 0.2) is 5.82 Å². The summed E-state index contributed by atoms with van der Waals surface area (Å²) in [5.74, 6) is 0.616. The standard InChI is InChI=1S/C11H11N5/c1-9(10-3-2-4-12-7-10)15-16-11-8-13-5-6-14-11/h2-8H,1H3,(H,14,16)/b15-9+. The Bertz CT molecular complexity index is 466. The van der Waals surface area contributed by atoms with Gasteiger partial charge in [-0.3, -0.25) is 15.4 Å². The average Bonchev–Trinajstić information content (AvgIpc) is 2.38. The number of hydrogen-bond acceptors (Lipinski definition) is 5. The molecule has 5 heteroatoms. The third kappa shape index (κ3) is 2.60. The summed E-state index contributed by atoms with van der Waals surface area (Å²) >= 11 is 0. The highest BCUT2D eigenvalue weighted by atomic mass is 15.3. The molecular weight excluding hydrogens is 202 g/mol.